The van der Waals surface area contributed by atoms with E-state index in [9.17, 15) is 4.79 Å². The van der Waals surface area contributed by atoms with Crippen LogP contribution in [0.15, 0.2) is 66.7 Å². The zero-order valence-electron chi connectivity index (χ0n) is 18.7. The van der Waals surface area contributed by atoms with Crippen LogP contribution in [0.25, 0.3) is 11.0 Å². The van der Waals surface area contributed by atoms with Crippen LogP contribution in [0.2, 0.25) is 5.02 Å². The maximum atomic E-state index is 13.6. The van der Waals surface area contributed by atoms with E-state index in [1.54, 1.807) is 16.7 Å². The molecule has 8 nitrogen and oxygen atoms in total. The summed E-state index contributed by atoms with van der Waals surface area (Å²) in [6.45, 7) is 2.06. The van der Waals surface area contributed by atoms with Crippen molar-refractivity contribution in [3.8, 4) is 5.75 Å². The maximum absolute atomic E-state index is 13.6. The lowest BCUT2D eigenvalue weighted by molar-refractivity contribution is -0.119. The highest BCUT2D eigenvalue weighted by atomic mass is 35.5. The summed E-state index contributed by atoms with van der Waals surface area (Å²) >= 11 is 6.22. The molecule has 0 radical (unpaired) electrons. The second-order valence-electron chi connectivity index (χ2n) is 8.23. The lowest BCUT2D eigenvalue weighted by Crippen LogP contribution is -2.33. The first-order valence-electron chi connectivity index (χ1n) is 11.1. The first-order chi connectivity index (χ1) is 16.6. The number of hydrazine groups is 1. The standard InChI is InChI=1S/C25H25ClN6O2/c1-34-24-12-20(9-10-21(24)18-13-27-28-14-18)31(15-17-5-4-6-19(26)11-17)25(33)16-32-23-8-3-2-7-22(23)29-30-32/h2-12,18,27-28H,13-16H2,1H3. The van der Waals surface area contributed by atoms with Gasteiger partial charge in [-0.05, 0) is 41.5 Å². The van der Waals surface area contributed by atoms with E-state index in [-0.39, 0.29) is 12.5 Å². The van der Waals surface area contributed by atoms with E-state index in [2.05, 4.69) is 21.2 Å². The van der Waals surface area contributed by atoms with Crippen LogP contribution in [0.4, 0.5) is 5.69 Å². The van der Waals surface area contributed by atoms with Crippen LogP contribution in [-0.2, 0) is 17.9 Å². The van der Waals surface area contributed by atoms with Crippen LogP contribution in [0.3, 0.4) is 0 Å². The van der Waals surface area contributed by atoms with Crippen LogP contribution in [0, 0.1) is 0 Å². The maximum Gasteiger partial charge on any atom is 0.249 e. The van der Waals surface area contributed by atoms with Crippen LogP contribution in [-0.4, -0.2) is 41.1 Å². The Kier molecular flexibility index (Phi) is 6.44. The molecule has 1 aromatic heterocycles. The molecule has 4 aromatic rings. The Hall–Kier alpha value is -3.46. The normalized spacial score (nSPS) is 13.9. The molecule has 2 heterocycles. The van der Waals surface area contributed by atoms with E-state index in [1.165, 1.54) is 0 Å². The Balaban J connectivity index is 1.49. The van der Waals surface area contributed by atoms with Crippen LogP contribution in [0.1, 0.15) is 17.0 Å². The number of hydrogen-bond donors (Lipinski definition) is 2. The van der Waals surface area contributed by atoms with Gasteiger partial charge in [0.2, 0.25) is 5.91 Å². The molecule has 5 rings (SSSR count). The molecule has 1 saturated heterocycles. The monoisotopic (exact) mass is 476 g/mol. The van der Waals surface area contributed by atoms with Gasteiger partial charge in [0.05, 0.1) is 19.2 Å². The minimum atomic E-state index is -0.116. The van der Waals surface area contributed by atoms with Crippen molar-refractivity contribution >= 4 is 34.2 Å². The predicted octanol–water partition coefficient (Wildman–Crippen LogP) is 3.52. The number of ether oxygens (including phenoxy) is 1. The third kappa shape index (κ3) is 4.61. The van der Waals surface area contributed by atoms with Crippen LogP contribution >= 0.6 is 11.6 Å². The summed E-state index contributed by atoms with van der Waals surface area (Å²) in [5, 5.41) is 8.99. The van der Waals surface area contributed by atoms with Gasteiger partial charge in [-0.15, -0.1) is 5.10 Å². The summed E-state index contributed by atoms with van der Waals surface area (Å²) in [6.07, 6.45) is 0. The van der Waals surface area contributed by atoms with Gasteiger partial charge in [0.25, 0.3) is 0 Å². The smallest absolute Gasteiger partial charge is 0.249 e. The van der Waals surface area contributed by atoms with Gasteiger partial charge in [-0.2, -0.15) is 0 Å². The molecule has 1 amide bonds. The quantitative estimate of drug-likeness (QED) is 0.424. The third-order valence-corrected chi connectivity index (χ3v) is 6.26. The van der Waals surface area contributed by atoms with Gasteiger partial charge in [-0.25, -0.2) is 4.68 Å². The molecule has 0 unspecified atom stereocenters. The fraction of sp³-hybridized carbons (Fsp3) is 0.240. The Morgan fingerprint density at radius 1 is 1.12 bits per heavy atom. The van der Waals surface area contributed by atoms with Crippen molar-refractivity contribution < 1.29 is 9.53 Å². The molecule has 9 heteroatoms. The minimum absolute atomic E-state index is 0.0572. The Morgan fingerprint density at radius 3 is 2.74 bits per heavy atom. The number of amides is 1. The number of carbonyl (C=O) groups is 1. The summed E-state index contributed by atoms with van der Waals surface area (Å²) in [5.41, 5.74) is 10.6. The van der Waals surface area contributed by atoms with E-state index in [1.807, 2.05) is 66.7 Å². The van der Waals surface area contributed by atoms with Gasteiger partial charge in [-0.1, -0.05) is 47.1 Å². The summed E-state index contributed by atoms with van der Waals surface area (Å²) in [7, 11) is 1.66. The molecule has 0 bridgehead atoms. The van der Waals surface area contributed by atoms with Crippen molar-refractivity contribution in [3.05, 3.63) is 82.9 Å². The van der Waals surface area contributed by atoms with Crippen molar-refractivity contribution in [3.63, 3.8) is 0 Å². The van der Waals surface area contributed by atoms with Crippen molar-refractivity contribution in [2.24, 2.45) is 0 Å². The number of nitrogens with zero attached hydrogens (tertiary/aromatic N) is 4. The first-order valence-corrected chi connectivity index (χ1v) is 11.5. The zero-order chi connectivity index (χ0) is 23.5. The number of carbonyl (C=O) groups excluding carboxylic acids is 1. The number of aromatic nitrogens is 3. The van der Waals surface area contributed by atoms with Crippen molar-refractivity contribution in [1.29, 1.82) is 0 Å². The number of nitrogens with one attached hydrogen (secondary N) is 2. The summed E-state index contributed by atoms with van der Waals surface area (Å²) in [4.78, 5) is 15.4. The van der Waals surface area contributed by atoms with E-state index in [0.29, 0.717) is 17.5 Å². The van der Waals surface area contributed by atoms with Gasteiger partial charge in [0.1, 0.15) is 17.8 Å². The average Bonchev–Trinajstić information content (AvgIpc) is 3.53. The molecule has 174 valence electrons. The fourth-order valence-electron chi connectivity index (χ4n) is 4.28. The third-order valence-electron chi connectivity index (χ3n) is 6.03. The number of para-hydroxylation sites is 1. The molecule has 0 aliphatic carbocycles. The van der Waals surface area contributed by atoms with Gasteiger partial charge in [0.15, 0.2) is 0 Å². The Bertz CT molecular complexity index is 1320. The molecule has 1 aliphatic heterocycles. The highest BCUT2D eigenvalue weighted by Gasteiger charge is 2.24. The highest BCUT2D eigenvalue weighted by molar-refractivity contribution is 6.30. The summed E-state index contributed by atoms with van der Waals surface area (Å²) in [5.74, 6) is 0.931. The van der Waals surface area contributed by atoms with E-state index in [4.69, 9.17) is 16.3 Å². The Labute approximate surface area is 202 Å². The first kappa shape index (κ1) is 22.3. The van der Waals surface area contributed by atoms with E-state index >= 15 is 0 Å². The molecular weight excluding hydrogens is 452 g/mol. The van der Waals surface area contributed by atoms with Crippen LogP contribution in [0.5, 0.6) is 5.75 Å². The number of methoxy groups -OCH3 is 1. The molecule has 2 N–H and O–H groups in total. The lowest BCUT2D eigenvalue weighted by atomic mass is 9.98. The molecule has 1 aliphatic rings. The number of anilines is 1. The SMILES string of the molecule is COc1cc(N(Cc2cccc(Cl)c2)C(=O)Cn2nnc3ccccc32)ccc1C1CNNC1. The van der Waals surface area contributed by atoms with Crippen LogP contribution < -0.4 is 20.5 Å². The van der Waals surface area contributed by atoms with Crippen molar-refractivity contribution in [2.45, 2.75) is 19.0 Å². The number of fused-ring (bicyclic) bond motifs is 1. The molecule has 3 aromatic carbocycles. The van der Waals surface area contributed by atoms with Gasteiger partial charge in [0, 0.05) is 35.8 Å². The highest BCUT2D eigenvalue weighted by Crippen LogP contribution is 2.32. The molecule has 0 saturated carbocycles. The van der Waals surface area contributed by atoms with Gasteiger partial charge in [-0.3, -0.25) is 15.6 Å². The van der Waals surface area contributed by atoms with E-state index < -0.39 is 0 Å². The topological polar surface area (TPSA) is 84.3 Å². The molecule has 1 fully saturated rings. The van der Waals surface area contributed by atoms with Gasteiger partial charge >= 0.3 is 0 Å². The predicted molar refractivity (Wildman–Crippen MR) is 132 cm³/mol. The van der Waals surface area contributed by atoms with Crippen molar-refractivity contribution in [2.75, 3.05) is 25.1 Å². The zero-order valence-corrected chi connectivity index (χ0v) is 19.5. The number of hydrogen-bond acceptors (Lipinski definition) is 6. The minimum Gasteiger partial charge on any atom is -0.496 e. The van der Waals surface area contributed by atoms with E-state index in [0.717, 1.165) is 46.7 Å². The Morgan fingerprint density at radius 2 is 1.94 bits per heavy atom. The summed E-state index contributed by atoms with van der Waals surface area (Å²) in [6, 6.07) is 21.1. The second kappa shape index (κ2) is 9.80. The molecular formula is C25H25ClN6O2. The molecule has 0 spiro atoms. The van der Waals surface area contributed by atoms with Gasteiger partial charge < -0.3 is 9.64 Å². The number of benzene rings is 3. The molecule has 0 atom stereocenters. The fourth-order valence-corrected chi connectivity index (χ4v) is 4.49. The average molecular weight is 477 g/mol. The lowest BCUT2D eigenvalue weighted by Gasteiger charge is -2.25. The van der Waals surface area contributed by atoms with Crippen molar-refractivity contribution in [1.82, 2.24) is 25.8 Å². The second-order valence-corrected chi connectivity index (χ2v) is 8.67. The summed E-state index contributed by atoms with van der Waals surface area (Å²) < 4.78 is 7.35. The molecule has 34 heavy (non-hydrogen) atoms. The number of halogens is 1. The largest absolute Gasteiger partial charge is 0.496 e. The number of rotatable bonds is 7.